The van der Waals surface area contributed by atoms with E-state index in [0.717, 1.165) is 6.54 Å². The van der Waals surface area contributed by atoms with Gasteiger partial charge < -0.3 is 20.0 Å². The van der Waals surface area contributed by atoms with Crippen LogP contribution in [-0.4, -0.2) is 65.7 Å². The summed E-state index contributed by atoms with van der Waals surface area (Å²) in [5.41, 5.74) is -0.521. The molecule has 0 aliphatic heterocycles. The maximum absolute atomic E-state index is 12.0. The van der Waals surface area contributed by atoms with Crippen molar-refractivity contribution < 1.29 is 19.5 Å². The third kappa shape index (κ3) is 21.0. The van der Waals surface area contributed by atoms with Crippen molar-refractivity contribution in [1.82, 2.24) is 10.4 Å². The average Bonchev–Trinajstić information content (AvgIpc) is 2.74. The molecule has 0 saturated carbocycles. The molecule has 1 amide bonds. The molecule has 0 radical (unpaired) electrons. The van der Waals surface area contributed by atoms with Crippen LogP contribution in [0.4, 0.5) is 0 Å². The zero-order valence-corrected chi connectivity index (χ0v) is 26.5. The van der Waals surface area contributed by atoms with E-state index in [-0.39, 0.29) is 29.4 Å². The van der Waals surface area contributed by atoms with Crippen molar-refractivity contribution in [2.45, 2.75) is 126 Å². The van der Waals surface area contributed by atoms with Gasteiger partial charge in [-0.05, 0) is 51.7 Å². The molecule has 7 heteroatoms. The number of carbonyl (C=O) groups excluding carboxylic acids is 1. The molecular weight excluding hydrogens is 448 g/mol. The first kappa shape index (κ1) is 40.8. The minimum Gasteiger partial charge on any atom is -0.396 e. The second kappa shape index (κ2) is 21.9. The Kier molecular flexibility index (Phi) is 26.3. The number of hydroxylamine groups is 2. The van der Waals surface area contributed by atoms with Gasteiger partial charge in [0.1, 0.15) is 6.73 Å². The van der Waals surface area contributed by atoms with E-state index in [1.54, 1.807) is 18.9 Å². The minimum atomic E-state index is -0.421. The molecule has 0 fully saturated rings. The third-order valence-electron chi connectivity index (χ3n) is 5.54. The lowest BCUT2D eigenvalue weighted by Crippen LogP contribution is -2.41. The van der Waals surface area contributed by atoms with Crippen LogP contribution in [0.5, 0.6) is 0 Å². The third-order valence-corrected chi connectivity index (χ3v) is 7.12. The SMILES string of the molecule is CC.CC.CON(CC(C)C)C(C)C.CSC(C)(C)C(C)(C)CC(=O)NCOC(C)(C)CCO. The first-order valence-corrected chi connectivity index (χ1v) is 14.1. The van der Waals surface area contributed by atoms with E-state index in [0.29, 0.717) is 24.8 Å². The van der Waals surface area contributed by atoms with E-state index in [2.05, 4.69) is 67.0 Å². The van der Waals surface area contributed by atoms with Gasteiger partial charge >= 0.3 is 0 Å². The number of amides is 1. The second-order valence-electron chi connectivity index (χ2n) is 10.2. The summed E-state index contributed by atoms with van der Waals surface area (Å²) in [7, 11) is 1.72. The summed E-state index contributed by atoms with van der Waals surface area (Å²) >= 11 is 1.77. The molecule has 0 spiro atoms. The molecule has 2 N–H and O–H groups in total. The lowest BCUT2D eigenvalue weighted by atomic mass is 9.77. The number of hydrogen-bond acceptors (Lipinski definition) is 6. The zero-order valence-electron chi connectivity index (χ0n) is 25.7. The highest BCUT2D eigenvalue weighted by atomic mass is 32.2. The molecule has 34 heavy (non-hydrogen) atoms. The van der Waals surface area contributed by atoms with Crippen molar-refractivity contribution in [2.75, 3.05) is 33.2 Å². The number of nitrogens with one attached hydrogen (secondary N) is 1. The van der Waals surface area contributed by atoms with Gasteiger partial charge in [-0.1, -0.05) is 69.2 Å². The first-order chi connectivity index (χ1) is 15.5. The highest BCUT2D eigenvalue weighted by Gasteiger charge is 2.38. The summed E-state index contributed by atoms with van der Waals surface area (Å²) in [6.07, 6.45) is 3.08. The average molecular weight is 511 g/mol. The normalized spacial score (nSPS) is 11.8. The molecule has 0 aliphatic rings. The Morgan fingerprint density at radius 1 is 1.00 bits per heavy atom. The minimum absolute atomic E-state index is 0.00285. The zero-order chi connectivity index (χ0) is 28.2. The van der Waals surface area contributed by atoms with Crippen molar-refractivity contribution in [3.63, 3.8) is 0 Å². The van der Waals surface area contributed by atoms with E-state index < -0.39 is 5.60 Å². The molecule has 0 saturated heterocycles. The molecule has 0 heterocycles. The number of aliphatic hydroxyl groups excluding tert-OH is 1. The molecule has 0 aromatic carbocycles. The van der Waals surface area contributed by atoms with Crippen LogP contribution < -0.4 is 5.32 Å². The van der Waals surface area contributed by atoms with Gasteiger partial charge in [0.15, 0.2) is 0 Å². The van der Waals surface area contributed by atoms with Crippen LogP contribution in [0, 0.1) is 11.3 Å². The monoisotopic (exact) mass is 510 g/mol. The number of hydrogen-bond donors (Lipinski definition) is 2. The van der Waals surface area contributed by atoms with Crippen molar-refractivity contribution in [2.24, 2.45) is 11.3 Å². The Hall–Kier alpha value is -0.340. The van der Waals surface area contributed by atoms with Gasteiger partial charge in [-0.3, -0.25) is 4.79 Å². The summed E-state index contributed by atoms with van der Waals surface area (Å²) in [6.45, 7) is 30.2. The van der Waals surface area contributed by atoms with Crippen molar-refractivity contribution in [3.05, 3.63) is 0 Å². The van der Waals surface area contributed by atoms with Gasteiger partial charge in [-0.25, -0.2) is 0 Å². The number of thioether (sulfide) groups is 1. The molecule has 0 aromatic rings. The first-order valence-electron chi connectivity index (χ1n) is 12.9. The Balaban J connectivity index is -0.000000269. The van der Waals surface area contributed by atoms with Gasteiger partial charge in [-0.2, -0.15) is 16.8 Å². The van der Waals surface area contributed by atoms with E-state index in [4.69, 9.17) is 14.7 Å². The highest BCUT2D eigenvalue weighted by Crippen LogP contribution is 2.42. The Bertz CT molecular complexity index is 468. The summed E-state index contributed by atoms with van der Waals surface area (Å²) < 4.78 is 5.60. The molecule has 0 aliphatic carbocycles. The molecule has 6 nitrogen and oxygen atoms in total. The van der Waals surface area contributed by atoms with Gasteiger partial charge in [-0.15, -0.1) is 0 Å². The van der Waals surface area contributed by atoms with Crippen LogP contribution in [0.25, 0.3) is 0 Å². The smallest absolute Gasteiger partial charge is 0.222 e. The molecule has 0 aromatic heterocycles. The second-order valence-corrected chi connectivity index (χ2v) is 11.6. The van der Waals surface area contributed by atoms with Gasteiger partial charge in [0.05, 0.1) is 12.7 Å². The van der Waals surface area contributed by atoms with Crippen molar-refractivity contribution in [3.8, 4) is 0 Å². The van der Waals surface area contributed by atoms with Crippen LogP contribution in [0.2, 0.25) is 0 Å². The number of nitrogens with zero attached hydrogens (tertiary/aromatic N) is 1. The summed E-state index contributed by atoms with van der Waals surface area (Å²) in [5, 5.41) is 13.7. The molecular formula is C27H62N2O4S. The summed E-state index contributed by atoms with van der Waals surface area (Å²) in [5.74, 6) is 0.666. The van der Waals surface area contributed by atoms with E-state index >= 15 is 0 Å². The fourth-order valence-electron chi connectivity index (χ4n) is 2.46. The van der Waals surface area contributed by atoms with Gasteiger partial charge in [0.25, 0.3) is 0 Å². The molecule has 0 bridgehead atoms. The number of ether oxygens (including phenoxy) is 1. The maximum Gasteiger partial charge on any atom is 0.222 e. The highest BCUT2D eigenvalue weighted by molar-refractivity contribution is 8.00. The van der Waals surface area contributed by atoms with Crippen molar-refractivity contribution in [1.29, 1.82) is 0 Å². The maximum atomic E-state index is 12.0. The van der Waals surface area contributed by atoms with Gasteiger partial charge in [0.2, 0.25) is 5.91 Å². The molecule has 0 unspecified atom stereocenters. The predicted molar refractivity (Wildman–Crippen MR) is 152 cm³/mol. The fourth-order valence-corrected chi connectivity index (χ4v) is 3.09. The van der Waals surface area contributed by atoms with Crippen LogP contribution in [-0.2, 0) is 14.4 Å². The predicted octanol–water partition coefficient (Wildman–Crippen LogP) is 6.76. The lowest BCUT2D eigenvalue weighted by molar-refractivity contribution is -0.159. The number of aliphatic hydroxyl groups is 1. The number of rotatable bonds is 13. The van der Waals surface area contributed by atoms with E-state index in [9.17, 15) is 4.79 Å². The molecule has 0 atom stereocenters. The topological polar surface area (TPSA) is 71.0 Å². The Morgan fingerprint density at radius 2 is 1.47 bits per heavy atom. The van der Waals surface area contributed by atoms with Crippen LogP contribution in [0.1, 0.15) is 110 Å². The van der Waals surface area contributed by atoms with Crippen molar-refractivity contribution >= 4 is 17.7 Å². The van der Waals surface area contributed by atoms with E-state index in [1.165, 1.54) is 0 Å². The summed E-state index contributed by atoms with van der Waals surface area (Å²) in [6, 6.07) is 0.479. The van der Waals surface area contributed by atoms with Crippen LogP contribution in [0.3, 0.4) is 0 Å². The largest absolute Gasteiger partial charge is 0.396 e. The molecule has 210 valence electrons. The standard InChI is InChI=1S/C15H31NO3S.C8H19NO.2C2H6/c1-13(2,15(5,6)20-7)10-12(18)16-11-19-14(3,4)8-9-17;1-7(2)6-9(10-5)8(3)4;2*1-2/h17H,8-11H2,1-7H3,(H,16,18);7-8H,6H2,1-5H3;2*1-2H3. The van der Waals surface area contributed by atoms with Crippen LogP contribution in [0.15, 0.2) is 0 Å². The van der Waals surface area contributed by atoms with Gasteiger partial charge in [0, 0.05) is 30.4 Å². The molecule has 0 rings (SSSR count). The number of carbonyl (C=O) groups is 1. The Morgan fingerprint density at radius 3 is 1.76 bits per heavy atom. The van der Waals surface area contributed by atoms with Crippen LogP contribution >= 0.6 is 11.8 Å². The quantitative estimate of drug-likeness (QED) is 0.211. The summed E-state index contributed by atoms with van der Waals surface area (Å²) in [4.78, 5) is 17.2. The lowest BCUT2D eigenvalue weighted by Gasteiger charge is -2.40. The fraction of sp³-hybridized carbons (Fsp3) is 0.963. The van der Waals surface area contributed by atoms with E-state index in [1.807, 2.05) is 46.6 Å². The Labute approximate surface area is 218 Å².